The van der Waals surface area contributed by atoms with E-state index >= 15 is 0 Å². The van der Waals surface area contributed by atoms with Crippen molar-refractivity contribution in [1.29, 1.82) is 0 Å². The van der Waals surface area contributed by atoms with Gasteiger partial charge in [-0.15, -0.1) is 0 Å². The molecule has 0 unspecified atom stereocenters. The van der Waals surface area contributed by atoms with Gasteiger partial charge in [-0.05, 0) is 12.1 Å². The van der Waals surface area contributed by atoms with Crippen molar-refractivity contribution in [3.63, 3.8) is 0 Å². The molecule has 1 aromatic heterocycles. The van der Waals surface area contributed by atoms with Crippen molar-refractivity contribution in [2.45, 2.75) is 9.79 Å². The SMILES string of the molecule is O=S(=O)(c1ccccc1)c1conc1-c1ccccc1. The van der Waals surface area contributed by atoms with Crippen LogP contribution in [-0.4, -0.2) is 13.6 Å². The molecule has 3 rings (SSSR count). The van der Waals surface area contributed by atoms with E-state index in [1.54, 1.807) is 42.5 Å². The van der Waals surface area contributed by atoms with Crippen LogP contribution < -0.4 is 0 Å². The van der Waals surface area contributed by atoms with Gasteiger partial charge in [0.25, 0.3) is 0 Å². The Morgan fingerprint density at radius 1 is 0.850 bits per heavy atom. The van der Waals surface area contributed by atoms with E-state index < -0.39 is 9.84 Å². The van der Waals surface area contributed by atoms with Gasteiger partial charge in [0.05, 0.1) is 4.90 Å². The number of rotatable bonds is 3. The van der Waals surface area contributed by atoms with Crippen LogP contribution in [0.15, 0.2) is 81.2 Å². The summed E-state index contributed by atoms with van der Waals surface area (Å²) in [5.41, 5.74) is 1.03. The van der Waals surface area contributed by atoms with Crippen LogP contribution in [0.3, 0.4) is 0 Å². The van der Waals surface area contributed by atoms with Crippen LogP contribution in [0.2, 0.25) is 0 Å². The smallest absolute Gasteiger partial charge is 0.212 e. The van der Waals surface area contributed by atoms with Crippen LogP contribution >= 0.6 is 0 Å². The number of hydrogen-bond acceptors (Lipinski definition) is 4. The molecule has 0 aliphatic heterocycles. The molecule has 0 atom stereocenters. The van der Waals surface area contributed by atoms with Crippen LogP contribution in [-0.2, 0) is 9.84 Å². The molecule has 0 saturated carbocycles. The van der Waals surface area contributed by atoms with E-state index in [0.717, 1.165) is 0 Å². The molecule has 100 valence electrons. The van der Waals surface area contributed by atoms with Gasteiger partial charge in [-0.25, -0.2) is 8.42 Å². The standard InChI is InChI=1S/C15H11NO3S/c17-20(18,13-9-5-2-6-10-13)14-11-19-16-15(14)12-7-3-1-4-8-12/h1-11H. The second kappa shape index (κ2) is 4.94. The Balaban J connectivity index is 2.16. The van der Waals surface area contributed by atoms with E-state index in [1.807, 2.05) is 18.2 Å². The molecule has 1 heterocycles. The molecule has 0 N–H and O–H groups in total. The van der Waals surface area contributed by atoms with E-state index in [1.165, 1.54) is 6.26 Å². The Kier molecular flexibility index (Phi) is 3.12. The average molecular weight is 285 g/mol. The summed E-state index contributed by atoms with van der Waals surface area (Å²) in [6.07, 6.45) is 1.17. The number of benzene rings is 2. The molecule has 0 aliphatic carbocycles. The molecule has 0 saturated heterocycles. The van der Waals surface area contributed by atoms with Gasteiger partial charge >= 0.3 is 0 Å². The van der Waals surface area contributed by atoms with E-state index in [0.29, 0.717) is 11.3 Å². The van der Waals surface area contributed by atoms with Crippen LogP contribution in [0.1, 0.15) is 0 Å². The molecule has 0 amide bonds. The number of aromatic nitrogens is 1. The zero-order valence-corrected chi connectivity index (χ0v) is 11.2. The molecule has 2 aromatic carbocycles. The number of sulfone groups is 1. The van der Waals surface area contributed by atoms with Gasteiger partial charge in [-0.1, -0.05) is 53.7 Å². The molecule has 5 heteroatoms. The summed E-state index contributed by atoms with van der Waals surface area (Å²) in [5.74, 6) is 0. The number of nitrogens with zero attached hydrogens (tertiary/aromatic N) is 1. The monoisotopic (exact) mass is 285 g/mol. The van der Waals surface area contributed by atoms with Crippen molar-refractivity contribution in [2.24, 2.45) is 0 Å². The molecule has 4 nitrogen and oxygen atoms in total. The molecule has 0 radical (unpaired) electrons. The summed E-state index contributed by atoms with van der Waals surface area (Å²) in [7, 11) is -3.63. The molecule has 0 aliphatic rings. The lowest BCUT2D eigenvalue weighted by atomic mass is 10.2. The molecule has 0 bridgehead atoms. The summed E-state index contributed by atoms with van der Waals surface area (Å²) in [5, 5.41) is 3.82. The topological polar surface area (TPSA) is 60.2 Å². The van der Waals surface area contributed by atoms with Gasteiger partial charge in [-0.3, -0.25) is 0 Å². The van der Waals surface area contributed by atoms with Gasteiger partial charge in [0, 0.05) is 5.56 Å². The summed E-state index contributed by atoms with van der Waals surface area (Å²) in [6, 6.07) is 17.3. The fourth-order valence-corrected chi connectivity index (χ4v) is 3.28. The highest BCUT2D eigenvalue weighted by Crippen LogP contribution is 2.30. The highest BCUT2D eigenvalue weighted by molar-refractivity contribution is 7.91. The predicted molar refractivity (Wildman–Crippen MR) is 73.8 cm³/mol. The van der Waals surface area contributed by atoms with Gasteiger partial charge in [0.1, 0.15) is 16.9 Å². The Bertz CT molecular complexity index is 809. The Hall–Kier alpha value is -2.40. The molecule has 0 fully saturated rings. The lowest BCUT2D eigenvalue weighted by molar-refractivity contribution is 0.420. The zero-order chi connectivity index (χ0) is 14.0. The second-order valence-electron chi connectivity index (χ2n) is 4.21. The molecule has 20 heavy (non-hydrogen) atoms. The Morgan fingerprint density at radius 2 is 1.45 bits per heavy atom. The summed E-state index contributed by atoms with van der Waals surface area (Å²) >= 11 is 0. The number of hydrogen-bond donors (Lipinski definition) is 0. The third kappa shape index (κ3) is 2.12. The maximum absolute atomic E-state index is 12.6. The fraction of sp³-hybridized carbons (Fsp3) is 0. The Labute approximate surface area is 116 Å². The minimum Gasteiger partial charge on any atom is -0.363 e. The minimum atomic E-state index is -3.63. The summed E-state index contributed by atoms with van der Waals surface area (Å²) in [4.78, 5) is 0.301. The summed E-state index contributed by atoms with van der Waals surface area (Å²) < 4.78 is 30.1. The normalized spacial score (nSPS) is 11.4. The lowest BCUT2D eigenvalue weighted by Gasteiger charge is -2.03. The van der Waals surface area contributed by atoms with Gasteiger partial charge in [0.2, 0.25) is 9.84 Å². The van der Waals surface area contributed by atoms with Crippen LogP contribution in [0.5, 0.6) is 0 Å². The van der Waals surface area contributed by atoms with Gasteiger partial charge in [0.15, 0.2) is 0 Å². The third-order valence-electron chi connectivity index (χ3n) is 2.93. The van der Waals surface area contributed by atoms with Crippen molar-refractivity contribution in [3.05, 3.63) is 66.9 Å². The van der Waals surface area contributed by atoms with Gasteiger partial charge in [-0.2, -0.15) is 0 Å². The maximum Gasteiger partial charge on any atom is 0.212 e. The third-order valence-corrected chi connectivity index (χ3v) is 4.69. The first-order valence-electron chi connectivity index (χ1n) is 5.99. The highest BCUT2D eigenvalue weighted by atomic mass is 32.2. The van der Waals surface area contributed by atoms with Crippen LogP contribution in [0, 0.1) is 0 Å². The first-order valence-corrected chi connectivity index (χ1v) is 7.48. The average Bonchev–Trinajstić information content (AvgIpc) is 2.99. The molecule has 0 spiro atoms. The van der Waals surface area contributed by atoms with Crippen molar-refractivity contribution in [2.75, 3.05) is 0 Å². The Morgan fingerprint density at radius 3 is 2.10 bits per heavy atom. The van der Waals surface area contributed by atoms with Crippen molar-refractivity contribution >= 4 is 9.84 Å². The zero-order valence-electron chi connectivity index (χ0n) is 10.4. The largest absolute Gasteiger partial charge is 0.363 e. The van der Waals surface area contributed by atoms with E-state index in [4.69, 9.17) is 4.52 Å². The first-order chi connectivity index (χ1) is 9.69. The molecule has 3 aromatic rings. The van der Waals surface area contributed by atoms with E-state index in [-0.39, 0.29) is 9.79 Å². The van der Waals surface area contributed by atoms with Crippen molar-refractivity contribution in [1.82, 2.24) is 5.16 Å². The van der Waals surface area contributed by atoms with Crippen molar-refractivity contribution < 1.29 is 12.9 Å². The minimum absolute atomic E-state index is 0.0786. The predicted octanol–water partition coefficient (Wildman–Crippen LogP) is 3.17. The van der Waals surface area contributed by atoms with Crippen molar-refractivity contribution in [3.8, 4) is 11.3 Å². The lowest BCUT2D eigenvalue weighted by Crippen LogP contribution is -2.02. The maximum atomic E-state index is 12.6. The van der Waals surface area contributed by atoms with Gasteiger partial charge < -0.3 is 4.52 Å². The van der Waals surface area contributed by atoms with E-state index in [9.17, 15) is 8.42 Å². The first kappa shape index (κ1) is 12.6. The second-order valence-corrected chi connectivity index (χ2v) is 6.13. The molecular weight excluding hydrogens is 274 g/mol. The van der Waals surface area contributed by atoms with E-state index in [2.05, 4.69) is 5.16 Å². The molecular formula is C15H11NO3S. The van der Waals surface area contributed by atoms with Crippen LogP contribution in [0.25, 0.3) is 11.3 Å². The fourth-order valence-electron chi connectivity index (χ4n) is 1.94. The van der Waals surface area contributed by atoms with Crippen LogP contribution in [0.4, 0.5) is 0 Å². The quantitative estimate of drug-likeness (QED) is 0.741. The highest BCUT2D eigenvalue weighted by Gasteiger charge is 2.25. The summed E-state index contributed by atoms with van der Waals surface area (Å²) in [6.45, 7) is 0.